The van der Waals surface area contributed by atoms with E-state index in [1.54, 1.807) is 24.3 Å². The number of halogens is 1. The molecule has 0 aliphatic rings. The molecule has 4 nitrogen and oxygen atoms in total. The number of nitrogens with two attached hydrogens (primary N) is 1. The molecule has 2 aromatic carbocycles. The van der Waals surface area contributed by atoms with E-state index in [9.17, 15) is 0 Å². The Morgan fingerprint density at radius 3 is 2.95 bits per heavy atom. The summed E-state index contributed by atoms with van der Waals surface area (Å²) in [5.74, 6) is 1.11. The van der Waals surface area contributed by atoms with Gasteiger partial charge in [0.2, 0.25) is 5.89 Å². The van der Waals surface area contributed by atoms with E-state index in [0.717, 1.165) is 11.1 Å². The number of benzene rings is 2. The monoisotopic (exact) mass is 288 g/mol. The average Bonchev–Trinajstić information content (AvgIpc) is 2.81. The Labute approximate surface area is 121 Å². The molecule has 3 rings (SSSR count). The first kappa shape index (κ1) is 12.8. The number of hydrogen-bond donors (Lipinski definition) is 1. The smallest absolute Gasteiger partial charge is 0.233 e. The molecule has 0 aliphatic heterocycles. The van der Waals surface area contributed by atoms with Crippen molar-refractivity contribution < 1.29 is 9.15 Å². The Morgan fingerprint density at radius 1 is 1.25 bits per heavy atom. The predicted molar refractivity (Wildman–Crippen MR) is 78.9 cm³/mol. The number of rotatable bonds is 3. The largest absolute Gasteiger partial charge is 0.482 e. The van der Waals surface area contributed by atoms with E-state index in [1.165, 1.54) is 0 Å². The standard InChI is InChI=1S/C15H13ClN2O2/c1-9-2-4-11(16)14(6-9)19-8-15-18-12-7-10(17)3-5-13(12)20-15/h2-7H,8,17H2,1H3. The van der Waals surface area contributed by atoms with Gasteiger partial charge in [-0.3, -0.25) is 0 Å². The first-order chi connectivity index (χ1) is 9.61. The van der Waals surface area contributed by atoms with Gasteiger partial charge in [0.1, 0.15) is 11.3 Å². The second-order valence-electron chi connectivity index (χ2n) is 4.56. The van der Waals surface area contributed by atoms with Crippen molar-refractivity contribution in [1.82, 2.24) is 4.98 Å². The van der Waals surface area contributed by atoms with Gasteiger partial charge in [0.25, 0.3) is 0 Å². The minimum atomic E-state index is 0.220. The SMILES string of the molecule is Cc1ccc(Cl)c(OCc2nc3cc(N)ccc3o2)c1. The lowest BCUT2D eigenvalue weighted by molar-refractivity contribution is 0.267. The lowest BCUT2D eigenvalue weighted by Crippen LogP contribution is -1.96. The van der Waals surface area contributed by atoms with E-state index >= 15 is 0 Å². The third-order valence-electron chi connectivity index (χ3n) is 2.89. The van der Waals surface area contributed by atoms with E-state index in [2.05, 4.69) is 4.98 Å². The predicted octanol–water partition coefficient (Wildman–Crippen LogP) is 3.95. The second-order valence-corrected chi connectivity index (χ2v) is 4.96. The lowest BCUT2D eigenvalue weighted by atomic mass is 10.2. The molecule has 0 atom stereocenters. The number of nitrogens with zero attached hydrogens (tertiary/aromatic N) is 1. The van der Waals surface area contributed by atoms with Crippen LogP contribution < -0.4 is 10.5 Å². The molecule has 3 aromatic rings. The topological polar surface area (TPSA) is 61.3 Å². The van der Waals surface area contributed by atoms with Crippen LogP contribution in [0.25, 0.3) is 11.1 Å². The summed E-state index contributed by atoms with van der Waals surface area (Å²) in [6, 6.07) is 10.9. The molecule has 0 saturated heterocycles. The van der Waals surface area contributed by atoms with Gasteiger partial charge < -0.3 is 14.9 Å². The molecule has 102 valence electrons. The van der Waals surface area contributed by atoms with E-state index in [-0.39, 0.29) is 6.61 Å². The van der Waals surface area contributed by atoms with E-state index in [4.69, 9.17) is 26.5 Å². The van der Waals surface area contributed by atoms with E-state index in [1.807, 2.05) is 19.1 Å². The Bertz CT molecular complexity index is 768. The number of nitrogen functional groups attached to an aromatic ring is 1. The Kier molecular flexibility index (Phi) is 3.24. The molecule has 0 saturated carbocycles. The summed E-state index contributed by atoms with van der Waals surface area (Å²) in [5.41, 5.74) is 8.84. The fraction of sp³-hybridized carbons (Fsp3) is 0.133. The van der Waals surface area contributed by atoms with E-state index < -0.39 is 0 Å². The zero-order chi connectivity index (χ0) is 14.1. The lowest BCUT2D eigenvalue weighted by Gasteiger charge is -2.06. The van der Waals surface area contributed by atoms with Crippen molar-refractivity contribution in [3.05, 3.63) is 52.9 Å². The van der Waals surface area contributed by atoms with Crippen LogP contribution in [-0.2, 0) is 6.61 Å². The molecule has 2 N–H and O–H groups in total. The van der Waals surface area contributed by atoms with Gasteiger partial charge in [0, 0.05) is 5.69 Å². The van der Waals surface area contributed by atoms with Crippen molar-refractivity contribution in [2.75, 3.05) is 5.73 Å². The number of aromatic nitrogens is 1. The zero-order valence-electron chi connectivity index (χ0n) is 10.9. The molecule has 5 heteroatoms. The maximum Gasteiger partial charge on any atom is 0.233 e. The highest BCUT2D eigenvalue weighted by atomic mass is 35.5. The quantitative estimate of drug-likeness (QED) is 0.741. The third kappa shape index (κ3) is 2.56. The van der Waals surface area contributed by atoms with Crippen molar-refractivity contribution in [1.29, 1.82) is 0 Å². The number of anilines is 1. The molecule has 0 radical (unpaired) electrons. The van der Waals surface area contributed by atoms with Gasteiger partial charge in [-0.05, 0) is 42.8 Å². The average molecular weight is 289 g/mol. The molecule has 0 spiro atoms. The second kappa shape index (κ2) is 5.06. The Hall–Kier alpha value is -2.20. The van der Waals surface area contributed by atoms with Crippen LogP contribution in [0.3, 0.4) is 0 Å². The summed E-state index contributed by atoms with van der Waals surface area (Å²) in [5, 5.41) is 0.566. The summed E-state index contributed by atoms with van der Waals surface area (Å²) in [4.78, 5) is 4.33. The summed E-state index contributed by atoms with van der Waals surface area (Å²) < 4.78 is 11.2. The van der Waals surface area contributed by atoms with Crippen molar-refractivity contribution in [2.45, 2.75) is 13.5 Å². The molecule has 0 aliphatic carbocycles. The molecule has 0 amide bonds. The highest BCUT2D eigenvalue weighted by Gasteiger charge is 2.08. The van der Waals surface area contributed by atoms with Crippen LogP contribution in [0.5, 0.6) is 5.75 Å². The van der Waals surface area contributed by atoms with Gasteiger partial charge in [0.05, 0.1) is 5.02 Å². The first-order valence-electron chi connectivity index (χ1n) is 6.16. The van der Waals surface area contributed by atoms with Crippen LogP contribution in [0.2, 0.25) is 5.02 Å². The summed E-state index contributed by atoms with van der Waals surface area (Å²) in [6.07, 6.45) is 0. The van der Waals surface area contributed by atoms with Crippen LogP contribution in [0.15, 0.2) is 40.8 Å². The minimum Gasteiger partial charge on any atom is -0.482 e. The number of ether oxygens (including phenoxy) is 1. The highest BCUT2D eigenvalue weighted by molar-refractivity contribution is 6.32. The summed E-state index contributed by atoms with van der Waals surface area (Å²) >= 11 is 6.07. The molecule has 20 heavy (non-hydrogen) atoms. The maximum atomic E-state index is 6.07. The minimum absolute atomic E-state index is 0.220. The molecule has 0 fully saturated rings. The van der Waals surface area contributed by atoms with Gasteiger partial charge in [-0.2, -0.15) is 0 Å². The molecular weight excluding hydrogens is 276 g/mol. The zero-order valence-corrected chi connectivity index (χ0v) is 11.6. The number of hydrogen-bond acceptors (Lipinski definition) is 4. The van der Waals surface area contributed by atoms with E-state index in [0.29, 0.717) is 27.9 Å². The van der Waals surface area contributed by atoms with Crippen molar-refractivity contribution in [3.8, 4) is 5.75 Å². The fourth-order valence-corrected chi connectivity index (χ4v) is 2.09. The maximum absolute atomic E-state index is 6.07. The van der Waals surface area contributed by atoms with Crippen molar-refractivity contribution >= 4 is 28.4 Å². The molecule has 0 unspecified atom stereocenters. The van der Waals surface area contributed by atoms with Crippen LogP contribution in [0, 0.1) is 6.92 Å². The summed E-state index contributed by atoms with van der Waals surface area (Å²) in [6.45, 7) is 2.20. The van der Waals surface area contributed by atoms with Gasteiger partial charge in [-0.25, -0.2) is 4.98 Å². The number of oxazole rings is 1. The number of aryl methyl sites for hydroxylation is 1. The Balaban J connectivity index is 1.81. The van der Waals surface area contributed by atoms with Crippen LogP contribution in [-0.4, -0.2) is 4.98 Å². The normalized spacial score (nSPS) is 10.9. The third-order valence-corrected chi connectivity index (χ3v) is 3.21. The van der Waals surface area contributed by atoms with Crippen LogP contribution >= 0.6 is 11.6 Å². The van der Waals surface area contributed by atoms with Crippen molar-refractivity contribution in [2.24, 2.45) is 0 Å². The van der Waals surface area contributed by atoms with Gasteiger partial charge in [-0.1, -0.05) is 17.7 Å². The van der Waals surface area contributed by atoms with Crippen LogP contribution in [0.4, 0.5) is 5.69 Å². The first-order valence-corrected chi connectivity index (χ1v) is 6.53. The summed E-state index contributed by atoms with van der Waals surface area (Å²) in [7, 11) is 0. The molecule has 0 bridgehead atoms. The van der Waals surface area contributed by atoms with Gasteiger partial charge in [0.15, 0.2) is 12.2 Å². The highest BCUT2D eigenvalue weighted by Crippen LogP contribution is 2.26. The number of fused-ring (bicyclic) bond motifs is 1. The Morgan fingerprint density at radius 2 is 2.10 bits per heavy atom. The fourth-order valence-electron chi connectivity index (χ4n) is 1.91. The van der Waals surface area contributed by atoms with Crippen molar-refractivity contribution in [3.63, 3.8) is 0 Å². The van der Waals surface area contributed by atoms with Gasteiger partial charge in [-0.15, -0.1) is 0 Å². The molecule has 1 aromatic heterocycles. The molecular formula is C15H13ClN2O2. The van der Waals surface area contributed by atoms with Gasteiger partial charge >= 0.3 is 0 Å². The van der Waals surface area contributed by atoms with Crippen LogP contribution in [0.1, 0.15) is 11.5 Å². The molecule has 1 heterocycles.